The maximum atomic E-state index is 12.7. The molecule has 2 aromatic carbocycles. The van der Waals surface area contributed by atoms with Crippen LogP contribution in [0.15, 0.2) is 66.0 Å². The highest BCUT2D eigenvalue weighted by Crippen LogP contribution is 2.32. The Labute approximate surface area is 154 Å². The Bertz CT molecular complexity index is 939. The van der Waals surface area contributed by atoms with Crippen molar-refractivity contribution in [2.75, 3.05) is 16.8 Å². The Hall–Kier alpha value is -3.12. The molecule has 0 radical (unpaired) electrons. The van der Waals surface area contributed by atoms with Gasteiger partial charge in [-0.15, -0.1) is 11.3 Å². The van der Waals surface area contributed by atoms with Gasteiger partial charge in [-0.3, -0.25) is 10.1 Å². The van der Waals surface area contributed by atoms with Crippen LogP contribution in [0.2, 0.25) is 0 Å². The SMILES string of the molecule is O=C(Nc1ccc2c(c1)N(C(=O)c1cccs1)CC2)Oc1ccccc1. The number of carbonyl (C=O) groups is 2. The molecule has 0 atom stereocenters. The quantitative estimate of drug-likeness (QED) is 0.741. The first-order valence-corrected chi connectivity index (χ1v) is 9.11. The van der Waals surface area contributed by atoms with Gasteiger partial charge in [-0.1, -0.05) is 30.3 Å². The molecule has 2 amide bonds. The summed E-state index contributed by atoms with van der Waals surface area (Å²) in [5.41, 5.74) is 2.52. The number of nitrogens with zero attached hydrogens (tertiary/aromatic N) is 1. The Morgan fingerprint density at radius 3 is 2.65 bits per heavy atom. The number of rotatable bonds is 3. The van der Waals surface area contributed by atoms with Crippen LogP contribution in [-0.2, 0) is 6.42 Å². The van der Waals surface area contributed by atoms with Crippen LogP contribution >= 0.6 is 11.3 Å². The lowest BCUT2D eigenvalue weighted by molar-refractivity contribution is 0.0993. The molecule has 0 aliphatic carbocycles. The first-order valence-electron chi connectivity index (χ1n) is 8.23. The lowest BCUT2D eigenvalue weighted by Gasteiger charge is -2.17. The van der Waals surface area contributed by atoms with Crippen LogP contribution in [0, 0.1) is 0 Å². The first kappa shape index (κ1) is 16.4. The van der Waals surface area contributed by atoms with Crippen molar-refractivity contribution in [3.05, 3.63) is 76.5 Å². The van der Waals surface area contributed by atoms with Crippen LogP contribution in [-0.4, -0.2) is 18.5 Å². The Morgan fingerprint density at radius 1 is 1.04 bits per heavy atom. The van der Waals surface area contributed by atoms with Crippen molar-refractivity contribution < 1.29 is 14.3 Å². The number of anilines is 2. The Kier molecular flexibility index (Phi) is 4.41. The normalized spacial score (nSPS) is 12.5. The number of ether oxygens (including phenoxy) is 1. The van der Waals surface area contributed by atoms with E-state index in [-0.39, 0.29) is 5.91 Å². The fourth-order valence-corrected chi connectivity index (χ4v) is 3.61. The maximum Gasteiger partial charge on any atom is 0.417 e. The summed E-state index contributed by atoms with van der Waals surface area (Å²) >= 11 is 1.43. The van der Waals surface area contributed by atoms with Crippen molar-refractivity contribution in [2.24, 2.45) is 0 Å². The van der Waals surface area contributed by atoms with Crippen LogP contribution in [0.5, 0.6) is 5.75 Å². The van der Waals surface area contributed by atoms with Crippen molar-refractivity contribution in [1.82, 2.24) is 0 Å². The number of hydrogen-bond acceptors (Lipinski definition) is 4. The second kappa shape index (κ2) is 7.01. The summed E-state index contributed by atoms with van der Waals surface area (Å²) in [6.07, 6.45) is 0.242. The van der Waals surface area contributed by atoms with E-state index >= 15 is 0 Å². The molecule has 0 spiro atoms. The zero-order chi connectivity index (χ0) is 17.9. The molecule has 130 valence electrons. The lowest BCUT2D eigenvalue weighted by Crippen LogP contribution is -2.28. The third-order valence-electron chi connectivity index (χ3n) is 4.16. The maximum absolute atomic E-state index is 12.7. The van der Waals surface area contributed by atoms with Gasteiger partial charge >= 0.3 is 6.09 Å². The topological polar surface area (TPSA) is 58.6 Å². The van der Waals surface area contributed by atoms with E-state index in [0.29, 0.717) is 22.9 Å². The van der Waals surface area contributed by atoms with E-state index in [1.807, 2.05) is 41.8 Å². The third-order valence-corrected chi connectivity index (χ3v) is 5.02. The second-order valence-electron chi connectivity index (χ2n) is 5.86. The summed E-state index contributed by atoms with van der Waals surface area (Å²) < 4.78 is 5.24. The van der Waals surface area contributed by atoms with Gasteiger partial charge in [0.25, 0.3) is 5.91 Å². The van der Waals surface area contributed by atoms with Crippen molar-refractivity contribution in [2.45, 2.75) is 6.42 Å². The zero-order valence-electron chi connectivity index (χ0n) is 13.8. The van der Waals surface area contributed by atoms with E-state index in [2.05, 4.69) is 5.32 Å². The average molecular weight is 364 g/mol. The summed E-state index contributed by atoms with van der Waals surface area (Å²) in [6, 6.07) is 18.1. The molecule has 26 heavy (non-hydrogen) atoms. The highest BCUT2D eigenvalue weighted by atomic mass is 32.1. The Balaban J connectivity index is 1.51. The van der Waals surface area contributed by atoms with E-state index in [9.17, 15) is 9.59 Å². The van der Waals surface area contributed by atoms with Crippen molar-refractivity contribution >= 4 is 34.7 Å². The highest BCUT2D eigenvalue weighted by Gasteiger charge is 2.26. The van der Waals surface area contributed by atoms with Gasteiger partial charge in [-0.05, 0) is 47.7 Å². The molecule has 1 aliphatic rings. The summed E-state index contributed by atoms with van der Waals surface area (Å²) in [7, 11) is 0. The molecule has 1 aliphatic heterocycles. The highest BCUT2D eigenvalue weighted by molar-refractivity contribution is 7.12. The summed E-state index contributed by atoms with van der Waals surface area (Å²) in [4.78, 5) is 27.2. The Morgan fingerprint density at radius 2 is 1.88 bits per heavy atom. The largest absolute Gasteiger partial charge is 0.417 e. The number of para-hydroxylation sites is 1. The fraction of sp³-hybridized carbons (Fsp3) is 0.100. The van der Waals surface area contributed by atoms with Gasteiger partial charge < -0.3 is 9.64 Å². The van der Waals surface area contributed by atoms with Gasteiger partial charge in [0, 0.05) is 17.9 Å². The monoisotopic (exact) mass is 364 g/mol. The molecule has 1 N–H and O–H groups in total. The minimum Gasteiger partial charge on any atom is -0.410 e. The molecule has 0 bridgehead atoms. The number of amides is 2. The molecule has 6 heteroatoms. The van der Waals surface area contributed by atoms with E-state index < -0.39 is 6.09 Å². The predicted octanol–water partition coefficient (Wildman–Crippen LogP) is 4.56. The number of benzene rings is 2. The summed E-state index contributed by atoms with van der Waals surface area (Å²) in [6.45, 7) is 0.643. The van der Waals surface area contributed by atoms with Crippen LogP contribution < -0.4 is 15.0 Å². The lowest BCUT2D eigenvalue weighted by atomic mass is 10.1. The summed E-state index contributed by atoms with van der Waals surface area (Å²) in [5.74, 6) is 0.462. The first-order chi connectivity index (χ1) is 12.7. The molecule has 0 unspecified atom stereocenters. The van der Waals surface area contributed by atoms with Gasteiger partial charge in [0.1, 0.15) is 5.75 Å². The number of fused-ring (bicyclic) bond motifs is 1. The van der Waals surface area contributed by atoms with Crippen LogP contribution in [0.25, 0.3) is 0 Å². The molecular weight excluding hydrogens is 348 g/mol. The van der Waals surface area contributed by atoms with Crippen molar-refractivity contribution in [3.8, 4) is 5.75 Å². The number of thiophene rings is 1. The second-order valence-corrected chi connectivity index (χ2v) is 6.80. The minimum absolute atomic E-state index is 0.0113. The molecule has 0 saturated carbocycles. The van der Waals surface area contributed by atoms with E-state index in [0.717, 1.165) is 17.7 Å². The number of hydrogen-bond donors (Lipinski definition) is 1. The number of nitrogens with one attached hydrogen (secondary N) is 1. The van der Waals surface area contributed by atoms with Crippen molar-refractivity contribution in [3.63, 3.8) is 0 Å². The van der Waals surface area contributed by atoms with Gasteiger partial charge in [-0.25, -0.2) is 4.79 Å². The molecule has 4 rings (SSSR count). The molecule has 1 aromatic heterocycles. The van der Waals surface area contributed by atoms with Crippen LogP contribution in [0.4, 0.5) is 16.2 Å². The van der Waals surface area contributed by atoms with E-state index in [4.69, 9.17) is 4.74 Å². The average Bonchev–Trinajstić information content (AvgIpc) is 3.32. The molecular formula is C20H16N2O3S. The van der Waals surface area contributed by atoms with Gasteiger partial charge in [0.15, 0.2) is 0 Å². The molecule has 0 saturated heterocycles. The molecule has 5 nitrogen and oxygen atoms in total. The third kappa shape index (κ3) is 3.32. The van der Waals surface area contributed by atoms with Gasteiger partial charge in [0.2, 0.25) is 0 Å². The minimum atomic E-state index is -0.565. The molecule has 2 heterocycles. The van der Waals surface area contributed by atoms with Crippen molar-refractivity contribution in [1.29, 1.82) is 0 Å². The fourth-order valence-electron chi connectivity index (χ4n) is 2.94. The van der Waals surface area contributed by atoms with Gasteiger partial charge in [0.05, 0.1) is 4.88 Å². The smallest absolute Gasteiger partial charge is 0.410 e. The summed E-state index contributed by atoms with van der Waals surface area (Å²) in [5, 5.41) is 4.61. The molecule has 0 fully saturated rings. The van der Waals surface area contributed by atoms with E-state index in [1.165, 1.54) is 11.3 Å². The van der Waals surface area contributed by atoms with E-state index in [1.54, 1.807) is 29.2 Å². The van der Waals surface area contributed by atoms with Gasteiger partial charge in [-0.2, -0.15) is 0 Å². The zero-order valence-corrected chi connectivity index (χ0v) is 14.7. The molecule has 3 aromatic rings. The van der Waals surface area contributed by atoms with Crippen LogP contribution in [0.3, 0.4) is 0 Å². The van der Waals surface area contributed by atoms with Crippen LogP contribution in [0.1, 0.15) is 15.2 Å². The standard InChI is InChI=1S/C20H16N2O3S/c23-19(18-7-4-12-26-18)22-11-10-14-8-9-15(13-17(14)22)21-20(24)25-16-5-2-1-3-6-16/h1-9,12-13H,10-11H2,(H,21,24). The number of carbonyl (C=O) groups excluding carboxylic acids is 2. The predicted molar refractivity (Wildman–Crippen MR) is 102 cm³/mol.